The highest BCUT2D eigenvalue weighted by atomic mass is 35.5. The van der Waals surface area contributed by atoms with Crippen molar-refractivity contribution in [2.24, 2.45) is 0 Å². The van der Waals surface area contributed by atoms with Crippen molar-refractivity contribution < 1.29 is 18.7 Å². The van der Waals surface area contributed by atoms with Crippen molar-refractivity contribution in [3.63, 3.8) is 0 Å². The fraction of sp³-hybridized carbons (Fsp3) is 0.250. The molecule has 1 rings (SSSR count). The zero-order valence-electron chi connectivity index (χ0n) is 7.18. The van der Waals surface area contributed by atoms with Gasteiger partial charge in [-0.05, 0) is 0 Å². The predicted molar refractivity (Wildman–Crippen MR) is 50.7 cm³/mol. The highest BCUT2D eigenvalue weighted by Gasteiger charge is 2.22. The van der Waals surface area contributed by atoms with Gasteiger partial charge in [-0.25, -0.2) is 13.6 Å². The van der Waals surface area contributed by atoms with E-state index in [1.165, 1.54) is 0 Å². The maximum absolute atomic E-state index is 12.4. The summed E-state index contributed by atoms with van der Waals surface area (Å²) in [5, 5.41) is 8.24. The van der Waals surface area contributed by atoms with E-state index in [9.17, 15) is 13.6 Å². The van der Waals surface area contributed by atoms with Gasteiger partial charge in [0.15, 0.2) is 0 Å². The summed E-state index contributed by atoms with van der Waals surface area (Å²) in [5.74, 6) is -1.63. The van der Waals surface area contributed by atoms with Crippen LogP contribution in [0.5, 0.6) is 0 Å². The molecule has 0 bridgehead atoms. The molecule has 1 N–H and O–H groups in total. The summed E-state index contributed by atoms with van der Waals surface area (Å²) in [5.41, 5.74) is -1.11. The number of alkyl halides is 3. The van der Waals surface area contributed by atoms with Gasteiger partial charge >= 0.3 is 5.97 Å². The summed E-state index contributed by atoms with van der Waals surface area (Å²) in [7, 11) is 0. The molecule has 0 amide bonds. The Kier molecular flexibility index (Phi) is 3.82. The van der Waals surface area contributed by atoms with Gasteiger partial charge in [-0.3, -0.25) is 4.98 Å². The summed E-state index contributed by atoms with van der Waals surface area (Å²) in [6.45, 7) is 0. The first kappa shape index (κ1) is 12.1. The Balaban J connectivity index is 3.42. The van der Waals surface area contributed by atoms with E-state index in [0.717, 1.165) is 6.20 Å². The molecule has 1 aromatic rings. The first-order chi connectivity index (χ1) is 6.99. The fourth-order valence-corrected chi connectivity index (χ4v) is 1.53. The van der Waals surface area contributed by atoms with E-state index in [2.05, 4.69) is 4.98 Å². The highest BCUT2D eigenvalue weighted by Crippen LogP contribution is 2.30. The van der Waals surface area contributed by atoms with Gasteiger partial charge in [0.05, 0.1) is 22.2 Å². The number of aromatic nitrogens is 1. The molecular weight excluding hydrogens is 251 g/mol. The number of halogens is 4. The molecule has 7 heteroatoms. The third-order valence-corrected chi connectivity index (χ3v) is 2.36. The first-order valence-corrected chi connectivity index (χ1v) is 4.65. The van der Waals surface area contributed by atoms with Crippen LogP contribution in [0.2, 0.25) is 5.02 Å². The topological polar surface area (TPSA) is 50.2 Å². The monoisotopic (exact) mass is 255 g/mol. The Bertz CT molecular complexity index is 398. The number of aromatic carboxylic acids is 1. The Morgan fingerprint density at radius 1 is 1.60 bits per heavy atom. The minimum atomic E-state index is -2.87. The van der Waals surface area contributed by atoms with Crippen molar-refractivity contribution in [2.45, 2.75) is 12.3 Å². The summed E-state index contributed by atoms with van der Waals surface area (Å²) in [4.78, 5) is 14.3. The van der Waals surface area contributed by atoms with Crippen LogP contribution in [0.25, 0.3) is 0 Å². The molecule has 15 heavy (non-hydrogen) atoms. The van der Waals surface area contributed by atoms with Crippen LogP contribution in [0.1, 0.15) is 28.0 Å². The Hall–Kier alpha value is -0.940. The van der Waals surface area contributed by atoms with Crippen LogP contribution in [0.4, 0.5) is 8.78 Å². The molecule has 3 nitrogen and oxygen atoms in total. The standard InChI is InChI=1S/C8H5Cl2F2NO2/c9-1-4-5(8(14)15)6(10)3(2-13-4)7(11)12/h2,7H,1H2,(H,14,15). The minimum Gasteiger partial charge on any atom is -0.478 e. The zero-order valence-corrected chi connectivity index (χ0v) is 8.69. The van der Waals surface area contributed by atoms with Crippen molar-refractivity contribution in [2.75, 3.05) is 0 Å². The summed E-state index contributed by atoms with van der Waals surface area (Å²) < 4.78 is 24.7. The molecule has 0 spiro atoms. The largest absolute Gasteiger partial charge is 0.478 e. The van der Waals surface area contributed by atoms with Crippen LogP contribution in [-0.2, 0) is 5.88 Å². The van der Waals surface area contributed by atoms with Crippen LogP contribution >= 0.6 is 23.2 Å². The lowest BCUT2D eigenvalue weighted by Crippen LogP contribution is -2.07. The third-order valence-electron chi connectivity index (χ3n) is 1.70. The number of nitrogens with zero attached hydrogens (tertiary/aromatic N) is 1. The van der Waals surface area contributed by atoms with Gasteiger partial charge < -0.3 is 5.11 Å². The molecule has 1 aromatic heterocycles. The Morgan fingerprint density at radius 3 is 2.60 bits per heavy atom. The average molecular weight is 256 g/mol. The molecule has 0 aliphatic heterocycles. The molecular formula is C8H5Cl2F2NO2. The Labute approximate surface area is 93.6 Å². The second-order valence-electron chi connectivity index (χ2n) is 2.59. The molecule has 0 aliphatic rings. The second-order valence-corrected chi connectivity index (χ2v) is 3.23. The van der Waals surface area contributed by atoms with E-state index in [4.69, 9.17) is 28.3 Å². The van der Waals surface area contributed by atoms with E-state index in [1.807, 2.05) is 0 Å². The lowest BCUT2D eigenvalue weighted by atomic mass is 10.1. The summed E-state index contributed by atoms with van der Waals surface area (Å²) >= 11 is 10.9. The number of hydrogen-bond donors (Lipinski definition) is 1. The van der Waals surface area contributed by atoms with E-state index >= 15 is 0 Å². The van der Waals surface area contributed by atoms with Crippen molar-refractivity contribution in [3.05, 3.63) is 28.0 Å². The maximum Gasteiger partial charge on any atom is 0.339 e. The van der Waals surface area contributed by atoms with Crippen molar-refractivity contribution in [1.82, 2.24) is 4.98 Å². The molecule has 0 saturated carbocycles. The molecule has 0 radical (unpaired) electrons. The van der Waals surface area contributed by atoms with E-state index in [0.29, 0.717) is 0 Å². The van der Waals surface area contributed by atoms with Gasteiger partial charge in [0, 0.05) is 6.20 Å². The van der Waals surface area contributed by atoms with Crippen molar-refractivity contribution in [1.29, 1.82) is 0 Å². The number of carboxylic acids is 1. The molecule has 0 atom stereocenters. The first-order valence-electron chi connectivity index (χ1n) is 3.73. The van der Waals surface area contributed by atoms with E-state index < -0.39 is 28.5 Å². The van der Waals surface area contributed by atoms with Crippen LogP contribution < -0.4 is 0 Å². The summed E-state index contributed by atoms with van der Waals surface area (Å²) in [6, 6.07) is 0. The van der Waals surface area contributed by atoms with E-state index in [-0.39, 0.29) is 11.6 Å². The average Bonchev–Trinajstić information content (AvgIpc) is 2.15. The Morgan fingerprint density at radius 2 is 2.20 bits per heavy atom. The number of rotatable bonds is 3. The van der Waals surface area contributed by atoms with Gasteiger partial charge in [-0.15, -0.1) is 11.6 Å². The molecule has 0 aliphatic carbocycles. The highest BCUT2D eigenvalue weighted by molar-refractivity contribution is 6.34. The van der Waals surface area contributed by atoms with E-state index in [1.54, 1.807) is 0 Å². The molecule has 82 valence electrons. The minimum absolute atomic E-state index is 0.0291. The lowest BCUT2D eigenvalue weighted by Gasteiger charge is -2.08. The number of carbonyl (C=O) groups is 1. The molecule has 0 saturated heterocycles. The van der Waals surface area contributed by atoms with Gasteiger partial charge in [0.2, 0.25) is 0 Å². The zero-order chi connectivity index (χ0) is 11.6. The lowest BCUT2D eigenvalue weighted by molar-refractivity contribution is 0.0695. The molecule has 1 heterocycles. The normalized spacial score (nSPS) is 10.7. The quantitative estimate of drug-likeness (QED) is 0.845. The summed E-state index contributed by atoms with van der Waals surface area (Å²) in [6.07, 6.45) is -2.04. The molecule has 0 unspecified atom stereocenters. The predicted octanol–water partition coefficient (Wildman–Crippen LogP) is 3.11. The van der Waals surface area contributed by atoms with Gasteiger partial charge in [-0.2, -0.15) is 0 Å². The van der Waals surface area contributed by atoms with Crippen molar-refractivity contribution in [3.8, 4) is 0 Å². The maximum atomic E-state index is 12.4. The van der Waals surface area contributed by atoms with Gasteiger partial charge in [0.1, 0.15) is 5.56 Å². The van der Waals surface area contributed by atoms with Gasteiger partial charge in [0.25, 0.3) is 6.43 Å². The second kappa shape index (κ2) is 4.72. The van der Waals surface area contributed by atoms with Crippen LogP contribution in [0.15, 0.2) is 6.20 Å². The number of carboxylic acid groups (broad SMARTS) is 1. The fourth-order valence-electron chi connectivity index (χ4n) is 1.01. The van der Waals surface area contributed by atoms with Crippen LogP contribution in [-0.4, -0.2) is 16.1 Å². The van der Waals surface area contributed by atoms with Crippen LogP contribution in [0.3, 0.4) is 0 Å². The SMILES string of the molecule is O=C(O)c1c(CCl)ncc(C(F)F)c1Cl. The molecule has 0 fully saturated rings. The third kappa shape index (κ3) is 2.35. The van der Waals surface area contributed by atoms with Crippen molar-refractivity contribution >= 4 is 29.2 Å². The van der Waals surface area contributed by atoms with Gasteiger partial charge in [-0.1, -0.05) is 11.6 Å². The molecule has 0 aromatic carbocycles. The number of hydrogen-bond acceptors (Lipinski definition) is 2. The number of pyridine rings is 1. The van der Waals surface area contributed by atoms with Crippen LogP contribution in [0, 0.1) is 0 Å². The smallest absolute Gasteiger partial charge is 0.339 e.